The Morgan fingerprint density at radius 3 is 1.62 bits per heavy atom. The van der Waals surface area contributed by atoms with E-state index in [0.717, 1.165) is 12.8 Å². The first-order valence-corrected chi connectivity index (χ1v) is 23.3. The van der Waals surface area contributed by atoms with Crippen molar-refractivity contribution in [2.75, 3.05) is 0 Å². The molecule has 0 fully saturated rings. The van der Waals surface area contributed by atoms with Gasteiger partial charge in [0.25, 0.3) is 0 Å². The Bertz CT molecular complexity index is 2600. The van der Waals surface area contributed by atoms with E-state index in [1.807, 2.05) is 0 Å². The molecular formula is C60H64. The zero-order valence-electron chi connectivity index (χ0n) is 36.8. The van der Waals surface area contributed by atoms with Crippen LogP contribution in [0.15, 0.2) is 133 Å². The summed E-state index contributed by atoms with van der Waals surface area (Å²) < 4.78 is 0. The topological polar surface area (TPSA) is 0 Å². The van der Waals surface area contributed by atoms with E-state index in [-0.39, 0.29) is 0 Å². The third-order valence-electron chi connectivity index (χ3n) is 13.0. The second kappa shape index (κ2) is 19.7. The van der Waals surface area contributed by atoms with Crippen molar-refractivity contribution in [2.24, 2.45) is 0 Å². The monoisotopic (exact) mass is 785 g/mol. The quantitative estimate of drug-likeness (QED) is 0.0717. The Kier molecular flexibility index (Phi) is 13.6. The van der Waals surface area contributed by atoms with Crippen molar-refractivity contribution in [2.45, 2.75) is 118 Å². The van der Waals surface area contributed by atoms with Gasteiger partial charge in [-0.15, -0.1) is 0 Å². The molecule has 1 aliphatic rings. The predicted octanol–water partition coefficient (Wildman–Crippen LogP) is 18.1. The largest absolute Gasteiger partial charge is 0.0654 e. The Balaban J connectivity index is 1.24. The maximum atomic E-state index is 2.60. The van der Waals surface area contributed by atoms with Crippen LogP contribution in [0.4, 0.5) is 0 Å². The molecule has 0 saturated heterocycles. The van der Waals surface area contributed by atoms with Gasteiger partial charge in [0.2, 0.25) is 0 Å². The van der Waals surface area contributed by atoms with Gasteiger partial charge in [0.15, 0.2) is 0 Å². The lowest BCUT2D eigenvalue weighted by molar-refractivity contribution is 0.605. The normalized spacial score (nSPS) is 11.9. The molecule has 0 saturated carbocycles. The third kappa shape index (κ3) is 9.61. The lowest BCUT2D eigenvalue weighted by Gasteiger charge is -2.18. The Labute approximate surface area is 361 Å². The molecule has 0 atom stereocenters. The molecule has 0 N–H and O–H groups in total. The average molecular weight is 785 g/mol. The molecule has 1 aliphatic carbocycles. The van der Waals surface area contributed by atoms with Crippen molar-refractivity contribution < 1.29 is 0 Å². The van der Waals surface area contributed by atoms with Crippen LogP contribution >= 0.6 is 0 Å². The second-order valence-corrected chi connectivity index (χ2v) is 17.6. The summed E-state index contributed by atoms with van der Waals surface area (Å²) in [5.74, 6) is 0. The van der Waals surface area contributed by atoms with Gasteiger partial charge < -0.3 is 0 Å². The van der Waals surface area contributed by atoms with E-state index in [2.05, 4.69) is 173 Å². The van der Waals surface area contributed by atoms with Gasteiger partial charge in [-0.3, -0.25) is 0 Å². The molecule has 0 nitrogen and oxygen atoms in total. The summed E-state index contributed by atoms with van der Waals surface area (Å²) in [6, 6.07) is 51.2. The summed E-state index contributed by atoms with van der Waals surface area (Å²) in [5, 5.41) is 2.68. The summed E-state index contributed by atoms with van der Waals surface area (Å²) >= 11 is 0. The van der Waals surface area contributed by atoms with Crippen LogP contribution < -0.4 is 0 Å². The molecule has 8 rings (SSSR count). The lowest BCUT2D eigenvalue weighted by atomic mass is 9.86. The van der Waals surface area contributed by atoms with Crippen LogP contribution in [0.1, 0.15) is 124 Å². The summed E-state index contributed by atoms with van der Waals surface area (Å²) in [4.78, 5) is 0. The van der Waals surface area contributed by atoms with Gasteiger partial charge in [-0.2, -0.15) is 0 Å². The molecule has 7 aromatic carbocycles. The molecule has 0 heteroatoms. The van der Waals surface area contributed by atoms with Crippen molar-refractivity contribution >= 4 is 22.9 Å². The van der Waals surface area contributed by atoms with E-state index in [0.29, 0.717) is 0 Å². The summed E-state index contributed by atoms with van der Waals surface area (Å²) in [6.45, 7) is 9.16. The van der Waals surface area contributed by atoms with E-state index in [1.165, 1.54) is 177 Å². The molecule has 7 aromatic rings. The minimum atomic E-state index is 1.12. The fourth-order valence-electron chi connectivity index (χ4n) is 9.64. The van der Waals surface area contributed by atoms with Crippen molar-refractivity contribution in [3.05, 3.63) is 167 Å². The van der Waals surface area contributed by atoms with Crippen LogP contribution in [0, 0.1) is 13.8 Å². The SMILES string of the molecule is CCCCCCCCc1cc(-c2cc(-c3cccc(-c4ccccc4-c4cccc(C)c4)c3)cc(-c3cc4c5c(cccc5c3)C=C4)c2)c(CCCCCCCC)cc1C. The maximum absolute atomic E-state index is 2.60. The smallest absolute Gasteiger partial charge is 0.00384 e. The summed E-state index contributed by atoms with van der Waals surface area (Å²) in [7, 11) is 0. The zero-order chi connectivity index (χ0) is 41.3. The van der Waals surface area contributed by atoms with E-state index < -0.39 is 0 Å². The van der Waals surface area contributed by atoms with Crippen LogP contribution in [0.2, 0.25) is 0 Å². The van der Waals surface area contributed by atoms with E-state index >= 15 is 0 Å². The molecule has 0 heterocycles. The maximum Gasteiger partial charge on any atom is -0.00384 e. The molecule has 0 aliphatic heterocycles. The van der Waals surface area contributed by atoms with E-state index in [4.69, 9.17) is 0 Å². The highest BCUT2D eigenvalue weighted by atomic mass is 14.2. The third-order valence-corrected chi connectivity index (χ3v) is 13.0. The summed E-state index contributed by atoms with van der Waals surface area (Å²) in [5.41, 5.74) is 21.3. The minimum absolute atomic E-state index is 1.12. The highest BCUT2D eigenvalue weighted by molar-refractivity contribution is 6.07. The standard InChI is InChI=1S/C60H64/c1-5-7-9-11-13-15-23-46-42-59(49(35-44(46)4)24-16-14-12-10-8-6-2)56-40-53(39-55(41-56)54-37-51-29-20-25-45-32-33-52(38-54)60(45)51)47-26-21-28-50(36-47)58-31-18-17-30-57(58)48-27-19-22-43(3)34-48/h17-22,25-42H,5-16,23-24H2,1-4H3. The van der Waals surface area contributed by atoms with Crippen LogP contribution in [0.5, 0.6) is 0 Å². The zero-order valence-corrected chi connectivity index (χ0v) is 36.8. The second-order valence-electron chi connectivity index (χ2n) is 17.6. The number of unbranched alkanes of at least 4 members (excludes halogenated alkanes) is 10. The Morgan fingerprint density at radius 1 is 0.350 bits per heavy atom. The van der Waals surface area contributed by atoms with Crippen molar-refractivity contribution in [3.63, 3.8) is 0 Å². The van der Waals surface area contributed by atoms with Gasteiger partial charge in [0.1, 0.15) is 0 Å². The molecule has 0 spiro atoms. The van der Waals surface area contributed by atoms with Crippen molar-refractivity contribution in [1.29, 1.82) is 0 Å². The average Bonchev–Trinajstić information content (AvgIpc) is 3.70. The Morgan fingerprint density at radius 2 is 0.900 bits per heavy atom. The molecule has 0 amide bonds. The van der Waals surface area contributed by atoms with Crippen molar-refractivity contribution in [1.82, 2.24) is 0 Å². The molecule has 0 bridgehead atoms. The van der Waals surface area contributed by atoms with Crippen LogP contribution in [-0.2, 0) is 12.8 Å². The highest BCUT2D eigenvalue weighted by Crippen LogP contribution is 2.41. The highest BCUT2D eigenvalue weighted by Gasteiger charge is 2.17. The van der Waals surface area contributed by atoms with Gasteiger partial charge in [-0.05, 0) is 170 Å². The first kappa shape index (κ1) is 41.3. The number of aryl methyl sites for hydroxylation is 4. The molecule has 304 valence electrons. The fourth-order valence-corrected chi connectivity index (χ4v) is 9.64. The molecule has 0 aromatic heterocycles. The molecular weight excluding hydrogens is 721 g/mol. The van der Waals surface area contributed by atoms with Gasteiger partial charge >= 0.3 is 0 Å². The van der Waals surface area contributed by atoms with Gasteiger partial charge in [0, 0.05) is 0 Å². The van der Waals surface area contributed by atoms with E-state index in [1.54, 1.807) is 0 Å². The predicted molar refractivity (Wildman–Crippen MR) is 264 cm³/mol. The van der Waals surface area contributed by atoms with Crippen LogP contribution in [0.3, 0.4) is 0 Å². The first-order chi connectivity index (χ1) is 29.5. The lowest BCUT2D eigenvalue weighted by Crippen LogP contribution is -1.99. The molecule has 60 heavy (non-hydrogen) atoms. The molecule has 0 radical (unpaired) electrons. The minimum Gasteiger partial charge on any atom is -0.0654 e. The Hall–Kier alpha value is -5.46. The number of rotatable bonds is 19. The van der Waals surface area contributed by atoms with Gasteiger partial charge in [-0.25, -0.2) is 0 Å². The number of hydrogen-bond donors (Lipinski definition) is 0. The number of hydrogen-bond acceptors (Lipinski definition) is 0. The molecule has 0 unspecified atom stereocenters. The van der Waals surface area contributed by atoms with Crippen molar-refractivity contribution in [3.8, 4) is 55.6 Å². The first-order valence-electron chi connectivity index (χ1n) is 23.3. The number of benzene rings is 7. The van der Waals surface area contributed by atoms with Crippen LogP contribution in [-0.4, -0.2) is 0 Å². The van der Waals surface area contributed by atoms with E-state index in [9.17, 15) is 0 Å². The van der Waals surface area contributed by atoms with Gasteiger partial charge in [-0.1, -0.05) is 193 Å². The summed E-state index contributed by atoms with van der Waals surface area (Å²) in [6.07, 6.45) is 22.7. The van der Waals surface area contributed by atoms with Gasteiger partial charge in [0.05, 0.1) is 0 Å². The van der Waals surface area contributed by atoms with Crippen LogP contribution in [0.25, 0.3) is 78.6 Å². The fraction of sp³-hybridized carbons (Fsp3) is 0.300.